The Bertz CT molecular complexity index is 762. The molecule has 2 aromatic rings. The Morgan fingerprint density at radius 2 is 2.17 bits per heavy atom. The van der Waals surface area contributed by atoms with Crippen molar-refractivity contribution in [3.05, 3.63) is 35.0 Å². The van der Waals surface area contributed by atoms with Crippen LogP contribution >= 0.6 is 15.9 Å². The van der Waals surface area contributed by atoms with Gasteiger partial charge in [0.05, 0.1) is 17.9 Å². The minimum Gasteiger partial charge on any atom is -0.444 e. The second-order valence-corrected chi connectivity index (χ2v) is 6.58. The second kappa shape index (κ2) is 5.52. The summed E-state index contributed by atoms with van der Waals surface area (Å²) in [5, 5.41) is 4.34. The summed E-state index contributed by atoms with van der Waals surface area (Å²) in [5.74, 6) is 0.367. The molecule has 2 fully saturated rings. The molecule has 2 amide bonds. The number of nitrogens with zero attached hydrogens (tertiary/aromatic N) is 4. The van der Waals surface area contributed by atoms with Crippen LogP contribution in [0.4, 0.5) is 5.69 Å². The zero-order valence-corrected chi connectivity index (χ0v) is 13.9. The molecule has 2 aliphatic heterocycles. The topological polar surface area (TPSA) is 71.6 Å². The molecule has 0 bridgehead atoms. The van der Waals surface area contributed by atoms with Crippen molar-refractivity contribution in [1.29, 1.82) is 0 Å². The Labute approximate surface area is 141 Å². The summed E-state index contributed by atoms with van der Waals surface area (Å²) < 4.78 is 7.67. The van der Waals surface area contributed by atoms with Crippen LogP contribution in [0.1, 0.15) is 29.4 Å². The first kappa shape index (κ1) is 14.5. The minimum atomic E-state index is -0.117. The summed E-state index contributed by atoms with van der Waals surface area (Å²) in [6, 6.07) is 3.51. The van der Waals surface area contributed by atoms with E-state index in [0.29, 0.717) is 29.9 Å². The van der Waals surface area contributed by atoms with Crippen molar-refractivity contribution in [2.75, 3.05) is 24.5 Å². The first-order valence-electron chi connectivity index (χ1n) is 7.51. The highest BCUT2D eigenvalue weighted by molar-refractivity contribution is 9.10. The lowest BCUT2D eigenvalue weighted by Crippen LogP contribution is -2.50. The van der Waals surface area contributed by atoms with E-state index in [1.807, 2.05) is 10.9 Å². The molecule has 0 N–H and O–H groups in total. The number of furan rings is 1. The van der Waals surface area contributed by atoms with Gasteiger partial charge in [-0.2, -0.15) is 5.10 Å². The molecule has 0 saturated carbocycles. The van der Waals surface area contributed by atoms with Crippen LogP contribution in [-0.2, 0) is 4.79 Å². The van der Waals surface area contributed by atoms with Gasteiger partial charge >= 0.3 is 0 Å². The van der Waals surface area contributed by atoms with E-state index in [4.69, 9.17) is 4.42 Å². The van der Waals surface area contributed by atoms with E-state index in [2.05, 4.69) is 21.0 Å². The first-order valence-corrected chi connectivity index (χ1v) is 8.30. The standard InChI is InChI=1S/C15H15BrN4O3/c16-13-4-3-12(23-13)15(22)18-7-11(8-18)20-9-10(6-17-20)19-5-1-2-14(19)21/h3-4,6,9,11H,1-2,5,7-8H2. The van der Waals surface area contributed by atoms with Crippen LogP contribution in [0.15, 0.2) is 33.6 Å². The maximum absolute atomic E-state index is 12.2. The number of carbonyl (C=O) groups is 2. The van der Waals surface area contributed by atoms with Gasteiger partial charge in [0.15, 0.2) is 10.4 Å². The number of hydrogen-bond acceptors (Lipinski definition) is 4. The van der Waals surface area contributed by atoms with E-state index in [1.165, 1.54) is 0 Å². The van der Waals surface area contributed by atoms with Crippen molar-refractivity contribution >= 4 is 33.4 Å². The van der Waals surface area contributed by atoms with Crippen molar-refractivity contribution < 1.29 is 14.0 Å². The van der Waals surface area contributed by atoms with Crippen molar-refractivity contribution in [2.24, 2.45) is 0 Å². The highest BCUT2D eigenvalue weighted by atomic mass is 79.9. The molecule has 4 heterocycles. The Morgan fingerprint density at radius 1 is 1.35 bits per heavy atom. The number of halogens is 1. The average Bonchev–Trinajstić information content (AvgIpc) is 3.18. The number of aromatic nitrogens is 2. The maximum atomic E-state index is 12.2. The predicted octanol–water partition coefficient (Wildman–Crippen LogP) is 2.06. The van der Waals surface area contributed by atoms with Gasteiger partial charge in [-0.3, -0.25) is 14.3 Å². The van der Waals surface area contributed by atoms with Gasteiger partial charge in [-0.05, 0) is 34.5 Å². The number of likely N-dealkylation sites (tertiary alicyclic amines) is 1. The summed E-state index contributed by atoms with van der Waals surface area (Å²) in [4.78, 5) is 27.5. The largest absolute Gasteiger partial charge is 0.444 e. The van der Waals surface area contributed by atoms with Gasteiger partial charge in [0.25, 0.3) is 5.91 Å². The quantitative estimate of drug-likeness (QED) is 0.819. The normalized spacial score (nSPS) is 18.6. The van der Waals surface area contributed by atoms with E-state index in [-0.39, 0.29) is 17.9 Å². The third kappa shape index (κ3) is 2.56. The molecule has 7 nitrogen and oxygen atoms in total. The fourth-order valence-electron chi connectivity index (χ4n) is 2.96. The Balaban J connectivity index is 1.39. The number of hydrogen-bond donors (Lipinski definition) is 0. The molecule has 23 heavy (non-hydrogen) atoms. The highest BCUT2D eigenvalue weighted by Crippen LogP contribution is 2.27. The maximum Gasteiger partial charge on any atom is 0.289 e. The molecule has 0 spiro atoms. The zero-order chi connectivity index (χ0) is 16.0. The van der Waals surface area contributed by atoms with Crippen molar-refractivity contribution in [3.8, 4) is 0 Å². The van der Waals surface area contributed by atoms with Gasteiger partial charge in [-0.15, -0.1) is 0 Å². The molecule has 0 unspecified atom stereocenters. The van der Waals surface area contributed by atoms with Crippen molar-refractivity contribution in [2.45, 2.75) is 18.9 Å². The summed E-state index contributed by atoms with van der Waals surface area (Å²) in [7, 11) is 0. The molecular weight excluding hydrogens is 364 g/mol. The third-order valence-corrected chi connectivity index (χ3v) is 4.71. The zero-order valence-electron chi connectivity index (χ0n) is 12.3. The molecule has 0 radical (unpaired) electrons. The molecule has 4 rings (SSSR count). The summed E-state index contributed by atoms with van der Waals surface area (Å²) >= 11 is 3.19. The van der Waals surface area contributed by atoms with E-state index in [0.717, 1.165) is 18.7 Å². The molecule has 120 valence electrons. The summed E-state index contributed by atoms with van der Waals surface area (Å²) in [6.07, 6.45) is 5.11. The number of carbonyl (C=O) groups excluding carboxylic acids is 2. The molecule has 0 aliphatic carbocycles. The van der Waals surface area contributed by atoms with Gasteiger partial charge in [-0.25, -0.2) is 0 Å². The Morgan fingerprint density at radius 3 is 2.83 bits per heavy atom. The molecular formula is C15H15BrN4O3. The number of amides is 2. The van der Waals surface area contributed by atoms with E-state index in [9.17, 15) is 9.59 Å². The third-order valence-electron chi connectivity index (χ3n) is 4.28. The molecule has 2 saturated heterocycles. The average molecular weight is 379 g/mol. The number of rotatable bonds is 3. The van der Waals surface area contributed by atoms with Crippen molar-refractivity contribution in [3.63, 3.8) is 0 Å². The Hall–Kier alpha value is -2.09. The molecule has 0 aromatic carbocycles. The fraction of sp³-hybridized carbons (Fsp3) is 0.400. The number of anilines is 1. The summed E-state index contributed by atoms with van der Waals surface area (Å²) in [6.45, 7) is 1.94. The lowest BCUT2D eigenvalue weighted by Gasteiger charge is -2.38. The SMILES string of the molecule is O=C(c1ccc(Br)o1)N1CC(n2cc(N3CCCC3=O)cn2)C1. The van der Waals surface area contributed by atoms with E-state index < -0.39 is 0 Å². The smallest absolute Gasteiger partial charge is 0.289 e. The van der Waals surface area contributed by atoms with Crippen LogP contribution in [0, 0.1) is 0 Å². The van der Waals surface area contributed by atoms with E-state index >= 15 is 0 Å². The van der Waals surface area contributed by atoms with Crippen LogP contribution in [-0.4, -0.2) is 46.1 Å². The molecule has 2 aromatic heterocycles. The van der Waals surface area contributed by atoms with Crippen LogP contribution in [0.2, 0.25) is 0 Å². The monoisotopic (exact) mass is 378 g/mol. The minimum absolute atomic E-state index is 0.117. The first-order chi connectivity index (χ1) is 11.1. The molecule has 0 atom stereocenters. The van der Waals surface area contributed by atoms with Gasteiger partial charge in [0.1, 0.15) is 0 Å². The lowest BCUT2D eigenvalue weighted by atomic mass is 10.1. The second-order valence-electron chi connectivity index (χ2n) is 5.80. The van der Waals surface area contributed by atoms with Crippen LogP contribution < -0.4 is 4.90 Å². The van der Waals surface area contributed by atoms with Crippen LogP contribution in [0.25, 0.3) is 0 Å². The van der Waals surface area contributed by atoms with Crippen molar-refractivity contribution in [1.82, 2.24) is 14.7 Å². The van der Waals surface area contributed by atoms with Gasteiger partial charge in [0.2, 0.25) is 5.91 Å². The highest BCUT2D eigenvalue weighted by Gasteiger charge is 2.34. The van der Waals surface area contributed by atoms with Gasteiger partial charge in [-0.1, -0.05) is 0 Å². The summed E-state index contributed by atoms with van der Waals surface area (Å²) in [5.41, 5.74) is 0.840. The van der Waals surface area contributed by atoms with Gasteiger partial charge < -0.3 is 14.2 Å². The molecule has 2 aliphatic rings. The lowest BCUT2D eigenvalue weighted by molar-refractivity contribution is -0.117. The predicted molar refractivity (Wildman–Crippen MR) is 85.2 cm³/mol. The fourth-order valence-corrected chi connectivity index (χ4v) is 3.27. The molecule has 8 heteroatoms. The van der Waals surface area contributed by atoms with Gasteiger partial charge in [0, 0.05) is 32.3 Å². The Kier molecular flexibility index (Phi) is 3.48. The van der Waals surface area contributed by atoms with Crippen LogP contribution in [0.5, 0.6) is 0 Å². The van der Waals surface area contributed by atoms with Crippen LogP contribution in [0.3, 0.4) is 0 Å². The van der Waals surface area contributed by atoms with E-state index in [1.54, 1.807) is 28.1 Å².